The number of hydrogen-bond acceptors (Lipinski definition) is 2. The molecule has 0 spiro atoms. The molecule has 1 aromatic carbocycles. The predicted molar refractivity (Wildman–Crippen MR) is 80.9 cm³/mol. The highest BCUT2D eigenvalue weighted by atomic mass is 19.1. The molecule has 102 valence electrons. The molecule has 1 N–H and O–H groups in total. The van der Waals surface area contributed by atoms with E-state index in [9.17, 15) is 4.39 Å². The zero-order valence-corrected chi connectivity index (χ0v) is 11.2. The van der Waals surface area contributed by atoms with Crippen molar-refractivity contribution < 1.29 is 4.39 Å². The fourth-order valence-electron chi connectivity index (χ4n) is 1.81. The van der Waals surface area contributed by atoms with Gasteiger partial charge in [0.25, 0.3) is 0 Å². The maximum absolute atomic E-state index is 13.9. The second kappa shape index (κ2) is 8.27. The number of nitrogens with one attached hydrogen (secondary N) is 1. The molecule has 0 saturated heterocycles. The van der Waals surface area contributed by atoms with Gasteiger partial charge in [-0.1, -0.05) is 24.3 Å². The summed E-state index contributed by atoms with van der Waals surface area (Å²) in [5.41, 5.74) is 1.62. The van der Waals surface area contributed by atoms with Gasteiger partial charge >= 0.3 is 0 Å². The highest BCUT2D eigenvalue weighted by molar-refractivity contribution is 5.51. The van der Waals surface area contributed by atoms with Crippen LogP contribution in [0.4, 0.5) is 10.1 Å². The molecule has 1 aromatic rings. The normalized spacial score (nSPS) is 9.95. The Morgan fingerprint density at radius 3 is 2.37 bits per heavy atom. The van der Waals surface area contributed by atoms with Gasteiger partial charge in [0.2, 0.25) is 0 Å². The van der Waals surface area contributed by atoms with Gasteiger partial charge in [-0.05, 0) is 17.7 Å². The van der Waals surface area contributed by atoms with E-state index in [1.54, 1.807) is 24.3 Å². The van der Waals surface area contributed by atoms with Crippen molar-refractivity contribution in [3.05, 3.63) is 67.5 Å². The maximum atomic E-state index is 13.9. The third-order valence-corrected chi connectivity index (χ3v) is 2.67. The summed E-state index contributed by atoms with van der Waals surface area (Å²) in [6, 6.07) is 5.15. The van der Waals surface area contributed by atoms with E-state index in [1.165, 1.54) is 6.07 Å². The van der Waals surface area contributed by atoms with Crippen LogP contribution in [0.1, 0.15) is 5.56 Å². The van der Waals surface area contributed by atoms with E-state index < -0.39 is 0 Å². The molecule has 1 rings (SSSR count). The van der Waals surface area contributed by atoms with Crippen molar-refractivity contribution in [1.29, 1.82) is 0 Å². The van der Waals surface area contributed by atoms with E-state index in [2.05, 4.69) is 25.1 Å². The van der Waals surface area contributed by atoms with Crippen LogP contribution in [-0.4, -0.2) is 19.6 Å². The molecule has 0 bridgehead atoms. The van der Waals surface area contributed by atoms with E-state index in [4.69, 9.17) is 0 Å². The van der Waals surface area contributed by atoms with Gasteiger partial charge in [-0.25, -0.2) is 4.39 Å². The fourth-order valence-corrected chi connectivity index (χ4v) is 1.81. The lowest BCUT2D eigenvalue weighted by molar-refractivity contribution is 0.621. The average molecular weight is 260 g/mol. The summed E-state index contributed by atoms with van der Waals surface area (Å²) < 4.78 is 13.9. The quantitative estimate of drug-likeness (QED) is 0.541. The first kappa shape index (κ1) is 15.2. The Labute approximate surface area is 114 Å². The molecule has 19 heavy (non-hydrogen) atoms. The van der Waals surface area contributed by atoms with E-state index in [0.29, 0.717) is 25.3 Å². The van der Waals surface area contributed by atoms with Crippen LogP contribution in [0.2, 0.25) is 0 Å². The van der Waals surface area contributed by atoms with Gasteiger partial charge in [0.1, 0.15) is 5.82 Å². The summed E-state index contributed by atoms with van der Waals surface area (Å²) in [5.74, 6) is -0.226. The number of rotatable bonds is 9. The lowest BCUT2D eigenvalue weighted by Gasteiger charge is -2.23. The topological polar surface area (TPSA) is 15.3 Å². The monoisotopic (exact) mass is 260 g/mol. The van der Waals surface area contributed by atoms with E-state index in [0.717, 1.165) is 12.1 Å². The average Bonchev–Trinajstić information content (AvgIpc) is 2.41. The second-order valence-electron chi connectivity index (χ2n) is 4.19. The molecule has 0 heterocycles. The summed E-state index contributed by atoms with van der Waals surface area (Å²) in [7, 11) is 0. The van der Waals surface area contributed by atoms with Gasteiger partial charge in [0, 0.05) is 26.2 Å². The highest BCUT2D eigenvalue weighted by Crippen LogP contribution is 2.21. The van der Waals surface area contributed by atoms with Gasteiger partial charge in [-0.3, -0.25) is 0 Å². The molecular formula is C16H21FN2. The predicted octanol–water partition coefficient (Wildman–Crippen LogP) is 3.28. The van der Waals surface area contributed by atoms with Crippen LogP contribution in [0.25, 0.3) is 0 Å². The molecule has 0 atom stereocenters. The van der Waals surface area contributed by atoms with Crippen molar-refractivity contribution in [2.45, 2.75) is 6.54 Å². The van der Waals surface area contributed by atoms with Crippen molar-refractivity contribution >= 4 is 5.69 Å². The molecule has 0 fully saturated rings. The molecule has 0 unspecified atom stereocenters. The van der Waals surface area contributed by atoms with Crippen LogP contribution < -0.4 is 10.2 Å². The number of benzene rings is 1. The van der Waals surface area contributed by atoms with Crippen molar-refractivity contribution in [3.8, 4) is 0 Å². The second-order valence-corrected chi connectivity index (χ2v) is 4.19. The molecular weight excluding hydrogens is 239 g/mol. The Hall–Kier alpha value is -1.87. The molecule has 0 aliphatic carbocycles. The molecule has 0 aliphatic heterocycles. The molecule has 0 saturated carbocycles. The van der Waals surface area contributed by atoms with Crippen LogP contribution in [-0.2, 0) is 6.54 Å². The largest absolute Gasteiger partial charge is 0.362 e. The third-order valence-electron chi connectivity index (χ3n) is 2.67. The van der Waals surface area contributed by atoms with E-state index >= 15 is 0 Å². The first-order chi connectivity index (χ1) is 9.22. The number of hydrogen-bond donors (Lipinski definition) is 1. The van der Waals surface area contributed by atoms with Crippen LogP contribution in [0, 0.1) is 5.82 Å². The fraction of sp³-hybridized carbons (Fsp3) is 0.250. The zero-order chi connectivity index (χ0) is 14.1. The standard InChI is InChI=1S/C16H21FN2/c1-4-9-18-13-14-7-8-15(17)16(12-14)19(10-5-2)11-6-3/h4-8,12,18H,1-3,9-11,13H2. The van der Waals surface area contributed by atoms with Gasteiger partial charge in [0.05, 0.1) is 5.69 Å². The van der Waals surface area contributed by atoms with Crippen molar-refractivity contribution in [1.82, 2.24) is 5.32 Å². The van der Waals surface area contributed by atoms with E-state index in [-0.39, 0.29) is 5.82 Å². The summed E-state index contributed by atoms with van der Waals surface area (Å²) in [6.45, 7) is 13.6. The summed E-state index contributed by atoms with van der Waals surface area (Å²) >= 11 is 0. The molecule has 2 nitrogen and oxygen atoms in total. The smallest absolute Gasteiger partial charge is 0.146 e. The molecule has 0 aliphatic rings. The van der Waals surface area contributed by atoms with Gasteiger partial charge in [-0.2, -0.15) is 0 Å². The maximum Gasteiger partial charge on any atom is 0.146 e. The van der Waals surface area contributed by atoms with Crippen LogP contribution in [0.15, 0.2) is 56.2 Å². The van der Waals surface area contributed by atoms with Crippen LogP contribution >= 0.6 is 0 Å². The van der Waals surface area contributed by atoms with Crippen molar-refractivity contribution in [3.63, 3.8) is 0 Å². The third kappa shape index (κ3) is 4.72. The number of nitrogens with zero attached hydrogens (tertiary/aromatic N) is 1. The number of halogens is 1. The number of anilines is 1. The SMILES string of the molecule is C=CCNCc1ccc(F)c(N(CC=C)CC=C)c1. The molecule has 0 aromatic heterocycles. The van der Waals surface area contributed by atoms with Gasteiger partial charge in [0.15, 0.2) is 0 Å². The van der Waals surface area contributed by atoms with Crippen LogP contribution in [0.3, 0.4) is 0 Å². The lowest BCUT2D eigenvalue weighted by Crippen LogP contribution is -2.24. The minimum absolute atomic E-state index is 0.226. The summed E-state index contributed by atoms with van der Waals surface area (Å²) in [4.78, 5) is 1.90. The van der Waals surface area contributed by atoms with Crippen molar-refractivity contribution in [2.24, 2.45) is 0 Å². The zero-order valence-electron chi connectivity index (χ0n) is 11.2. The van der Waals surface area contributed by atoms with Crippen LogP contribution in [0.5, 0.6) is 0 Å². The Kier molecular flexibility index (Phi) is 6.61. The molecule has 3 heteroatoms. The molecule has 0 amide bonds. The minimum Gasteiger partial charge on any atom is -0.362 e. The first-order valence-electron chi connectivity index (χ1n) is 6.29. The van der Waals surface area contributed by atoms with Crippen molar-refractivity contribution in [2.75, 3.05) is 24.5 Å². The molecule has 0 radical (unpaired) electrons. The Morgan fingerprint density at radius 2 is 1.79 bits per heavy atom. The highest BCUT2D eigenvalue weighted by Gasteiger charge is 2.10. The summed E-state index contributed by atoms with van der Waals surface area (Å²) in [6.07, 6.45) is 5.31. The Balaban J connectivity index is 2.89. The first-order valence-corrected chi connectivity index (χ1v) is 6.29. The Bertz CT molecular complexity index is 430. The van der Waals surface area contributed by atoms with Gasteiger partial charge in [-0.15, -0.1) is 19.7 Å². The summed E-state index contributed by atoms with van der Waals surface area (Å²) in [5, 5.41) is 3.20. The minimum atomic E-state index is -0.226. The van der Waals surface area contributed by atoms with E-state index in [1.807, 2.05) is 11.0 Å². The van der Waals surface area contributed by atoms with Gasteiger partial charge < -0.3 is 10.2 Å². The lowest BCUT2D eigenvalue weighted by atomic mass is 10.1. The Morgan fingerprint density at radius 1 is 1.11 bits per heavy atom.